The Labute approximate surface area is 100 Å². The summed E-state index contributed by atoms with van der Waals surface area (Å²) in [5.41, 5.74) is -0.578. The van der Waals surface area contributed by atoms with Gasteiger partial charge in [-0.15, -0.1) is 0 Å². The van der Waals surface area contributed by atoms with Gasteiger partial charge in [-0.05, 0) is 6.42 Å². The zero-order valence-electron chi connectivity index (χ0n) is 9.77. The van der Waals surface area contributed by atoms with Crippen LogP contribution in [0.5, 0.6) is 0 Å². The minimum atomic E-state index is -0.578. The summed E-state index contributed by atoms with van der Waals surface area (Å²) in [6, 6.07) is 0. The van der Waals surface area contributed by atoms with Gasteiger partial charge in [-0.1, -0.05) is 11.8 Å². The third-order valence-electron chi connectivity index (χ3n) is 4.11. The molecular formula is C13H14N2O2. The molecule has 0 aromatic heterocycles. The lowest BCUT2D eigenvalue weighted by atomic mass is 9.75. The van der Waals surface area contributed by atoms with E-state index < -0.39 is 5.41 Å². The van der Waals surface area contributed by atoms with Crippen LogP contribution in [0.2, 0.25) is 0 Å². The first kappa shape index (κ1) is 10.5. The fourth-order valence-corrected chi connectivity index (χ4v) is 3.23. The van der Waals surface area contributed by atoms with Crippen molar-refractivity contribution in [3.63, 3.8) is 0 Å². The molecule has 1 saturated carbocycles. The van der Waals surface area contributed by atoms with Gasteiger partial charge in [-0.2, -0.15) is 0 Å². The Morgan fingerprint density at radius 2 is 2.35 bits per heavy atom. The number of Topliss-reactive ketones (excluding diaryl/α,β-unsaturated/α-hetero) is 1. The van der Waals surface area contributed by atoms with Crippen molar-refractivity contribution >= 4 is 17.9 Å². The normalized spacial score (nSPS) is 39.2. The molecular weight excluding hydrogens is 216 g/mol. The quantitative estimate of drug-likeness (QED) is 0.573. The van der Waals surface area contributed by atoms with Crippen molar-refractivity contribution in [1.82, 2.24) is 4.90 Å². The lowest BCUT2D eigenvalue weighted by Crippen LogP contribution is -2.33. The summed E-state index contributed by atoms with van der Waals surface area (Å²) < 4.78 is 0. The molecule has 1 spiro atoms. The van der Waals surface area contributed by atoms with E-state index in [9.17, 15) is 9.59 Å². The number of likely N-dealkylation sites (tertiary alicyclic amines) is 1. The van der Waals surface area contributed by atoms with Crippen molar-refractivity contribution in [2.24, 2.45) is 16.3 Å². The van der Waals surface area contributed by atoms with Crippen LogP contribution in [0, 0.1) is 23.2 Å². The number of amides is 1. The van der Waals surface area contributed by atoms with E-state index in [1.807, 2.05) is 0 Å². The monoisotopic (exact) mass is 230 g/mol. The maximum atomic E-state index is 12.4. The molecule has 0 aromatic carbocycles. The summed E-state index contributed by atoms with van der Waals surface area (Å²) in [6.45, 7) is 0. The standard InChI is InChI=1S/C13H14N2O2/c1-15-11-10(4-2-3-7-14-11)13(12(15)17)6-5-9(16)8-13/h7,10-11H,3,5-6,8H2,1H3. The Morgan fingerprint density at radius 3 is 3.06 bits per heavy atom. The summed E-state index contributed by atoms with van der Waals surface area (Å²) in [4.78, 5) is 30.0. The Balaban J connectivity index is 2.08. The first-order valence-electron chi connectivity index (χ1n) is 5.94. The smallest absolute Gasteiger partial charge is 0.232 e. The summed E-state index contributed by atoms with van der Waals surface area (Å²) >= 11 is 0. The van der Waals surface area contributed by atoms with E-state index in [1.54, 1.807) is 18.2 Å². The molecule has 1 amide bonds. The second-order valence-electron chi connectivity index (χ2n) is 5.04. The van der Waals surface area contributed by atoms with Crippen LogP contribution < -0.4 is 0 Å². The fourth-order valence-electron chi connectivity index (χ4n) is 3.23. The predicted molar refractivity (Wildman–Crippen MR) is 62.2 cm³/mol. The average Bonchev–Trinajstić information content (AvgIpc) is 2.66. The van der Waals surface area contributed by atoms with Crippen molar-refractivity contribution in [2.75, 3.05) is 7.05 Å². The molecule has 0 N–H and O–H groups in total. The third kappa shape index (κ3) is 1.28. The molecule has 2 fully saturated rings. The molecule has 4 nitrogen and oxygen atoms in total. The molecule has 4 heteroatoms. The van der Waals surface area contributed by atoms with Gasteiger partial charge in [0.25, 0.3) is 0 Å². The third-order valence-corrected chi connectivity index (χ3v) is 4.11. The molecule has 17 heavy (non-hydrogen) atoms. The summed E-state index contributed by atoms with van der Waals surface area (Å²) in [5, 5.41) is 0. The van der Waals surface area contributed by atoms with Crippen molar-refractivity contribution in [3.05, 3.63) is 0 Å². The highest BCUT2D eigenvalue weighted by Gasteiger charge is 2.60. The van der Waals surface area contributed by atoms with Crippen LogP contribution in [-0.4, -0.2) is 36.0 Å². The van der Waals surface area contributed by atoms with Gasteiger partial charge in [0.2, 0.25) is 5.91 Å². The highest BCUT2D eigenvalue weighted by Crippen LogP contribution is 2.51. The summed E-state index contributed by atoms with van der Waals surface area (Å²) in [7, 11) is 1.77. The molecule has 2 heterocycles. The zero-order valence-corrected chi connectivity index (χ0v) is 9.77. The highest BCUT2D eigenvalue weighted by molar-refractivity contribution is 5.95. The van der Waals surface area contributed by atoms with E-state index in [0.29, 0.717) is 25.7 Å². The number of rotatable bonds is 0. The Hall–Kier alpha value is -1.63. The molecule has 3 atom stereocenters. The van der Waals surface area contributed by atoms with Crippen LogP contribution in [0.15, 0.2) is 4.99 Å². The summed E-state index contributed by atoms with van der Waals surface area (Å²) in [6.07, 6.45) is 3.72. The van der Waals surface area contributed by atoms with E-state index in [-0.39, 0.29) is 23.8 Å². The second kappa shape index (κ2) is 3.43. The Morgan fingerprint density at radius 1 is 1.53 bits per heavy atom. The van der Waals surface area contributed by atoms with Gasteiger partial charge in [0, 0.05) is 32.5 Å². The van der Waals surface area contributed by atoms with Gasteiger partial charge in [0.05, 0.1) is 11.3 Å². The van der Waals surface area contributed by atoms with Crippen LogP contribution >= 0.6 is 0 Å². The lowest BCUT2D eigenvalue weighted by molar-refractivity contribution is -0.136. The molecule has 1 saturated heterocycles. The number of hydrogen-bond acceptors (Lipinski definition) is 3. The predicted octanol–water partition coefficient (Wildman–Crippen LogP) is 0.618. The maximum Gasteiger partial charge on any atom is 0.232 e. The topological polar surface area (TPSA) is 49.7 Å². The largest absolute Gasteiger partial charge is 0.322 e. The Kier molecular flexibility index (Phi) is 2.12. The van der Waals surface area contributed by atoms with Crippen LogP contribution in [-0.2, 0) is 9.59 Å². The van der Waals surface area contributed by atoms with Gasteiger partial charge in [0.15, 0.2) is 0 Å². The van der Waals surface area contributed by atoms with Crippen molar-refractivity contribution in [2.45, 2.75) is 31.8 Å². The number of aliphatic imine (C=N–C) groups is 1. The van der Waals surface area contributed by atoms with Gasteiger partial charge >= 0.3 is 0 Å². The zero-order chi connectivity index (χ0) is 12.0. The van der Waals surface area contributed by atoms with Crippen LogP contribution in [0.3, 0.4) is 0 Å². The van der Waals surface area contributed by atoms with Gasteiger partial charge in [-0.25, -0.2) is 0 Å². The molecule has 3 rings (SSSR count). The molecule has 1 aliphatic carbocycles. The molecule has 3 aliphatic rings. The van der Waals surface area contributed by atoms with Gasteiger partial charge < -0.3 is 4.90 Å². The number of carbonyl (C=O) groups is 2. The highest BCUT2D eigenvalue weighted by atomic mass is 16.2. The first-order chi connectivity index (χ1) is 8.15. The van der Waals surface area contributed by atoms with E-state index in [0.717, 1.165) is 0 Å². The summed E-state index contributed by atoms with van der Waals surface area (Å²) in [5.74, 6) is 6.33. The van der Waals surface area contributed by atoms with E-state index in [4.69, 9.17) is 0 Å². The molecule has 0 radical (unpaired) electrons. The van der Waals surface area contributed by atoms with Crippen molar-refractivity contribution in [1.29, 1.82) is 0 Å². The van der Waals surface area contributed by atoms with E-state index in [1.165, 1.54) is 0 Å². The van der Waals surface area contributed by atoms with Crippen LogP contribution in [0.1, 0.15) is 25.7 Å². The minimum Gasteiger partial charge on any atom is -0.322 e. The molecule has 2 aliphatic heterocycles. The average molecular weight is 230 g/mol. The first-order valence-corrected chi connectivity index (χ1v) is 5.94. The van der Waals surface area contributed by atoms with E-state index in [2.05, 4.69) is 16.8 Å². The van der Waals surface area contributed by atoms with Crippen molar-refractivity contribution < 1.29 is 9.59 Å². The van der Waals surface area contributed by atoms with Crippen LogP contribution in [0.4, 0.5) is 0 Å². The number of fused-ring (bicyclic) bond motifs is 2. The van der Waals surface area contributed by atoms with Crippen molar-refractivity contribution in [3.8, 4) is 11.8 Å². The SMILES string of the molecule is CN1C(=O)C2(CCC(=O)C2)C2C#CCC=NC21. The molecule has 0 aromatic rings. The second-order valence-corrected chi connectivity index (χ2v) is 5.04. The lowest BCUT2D eigenvalue weighted by Gasteiger charge is -2.23. The fraction of sp³-hybridized carbons (Fsp3) is 0.615. The van der Waals surface area contributed by atoms with E-state index >= 15 is 0 Å². The number of ketones is 1. The number of hydrogen-bond donors (Lipinski definition) is 0. The minimum absolute atomic E-state index is 0.0479. The van der Waals surface area contributed by atoms with Crippen LogP contribution in [0.25, 0.3) is 0 Å². The van der Waals surface area contributed by atoms with Gasteiger partial charge in [0.1, 0.15) is 11.9 Å². The van der Waals surface area contributed by atoms with Gasteiger partial charge in [-0.3, -0.25) is 14.6 Å². The molecule has 88 valence electrons. The Bertz CT molecular complexity index is 485. The molecule has 0 bridgehead atoms. The number of carbonyl (C=O) groups excluding carboxylic acids is 2. The maximum absolute atomic E-state index is 12.4. The molecule has 3 unspecified atom stereocenters. The number of nitrogens with zero attached hydrogens (tertiary/aromatic N) is 2.